The Bertz CT molecular complexity index is 771. The van der Waals surface area contributed by atoms with Crippen LogP contribution in [0.2, 0.25) is 0 Å². The monoisotopic (exact) mass is 314 g/mol. The first kappa shape index (κ1) is 15.5. The topological polar surface area (TPSA) is 76.8 Å². The maximum atomic E-state index is 5.67. The molecule has 0 spiro atoms. The van der Waals surface area contributed by atoms with Gasteiger partial charge < -0.3 is 11.5 Å². The molecular weight excluding hydrogens is 296 g/mol. The number of nitrogens with two attached hydrogens (primary N) is 2. The summed E-state index contributed by atoms with van der Waals surface area (Å²) in [6.45, 7) is 0. The fraction of sp³-hybridized carbons (Fsp3) is 0. The largest absolute Gasteiger partial charge is 0.399 e. The predicted octanol–water partition coefficient (Wildman–Crippen LogP) is 4.35. The second-order valence-electron chi connectivity index (χ2n) is 5.37. The summed E-state index contributed by atoms with van der Waals surface area (Å²) >= 11 is 0. The van der Waals surface area contributed by atoms with E-state index in [9.17, 15) is 0 Å². The Kier molecular flexibility index (Phi) is 4.68. The highest BCUT2D eigenvalue weighted by molar-refractivity contribution is 5.84. The SMILES string of the molecule is Nc1ccc(C=Nc2ccc(C=Nc3ccc(N)cc3)cc2)cc1. The molecule has 3 rings (SSSR count). The molecule has 4 N–H and O–H groups in total. The second-order valence-corrected chi connectivity index (χ2v) is 5.37. The molecule has 4 heteroatoms. The number of aliphatic imine (C=N–C) groups is 2. The van der Waals surface area contributed by atoms with E-state index in [-0.39, 0.29) is 0 Å². The van der Waals surface area contributed by atoms with Crippen molar-refractivity contribution in [3.8, 4) is 0 Å². The Morgan fingerprint density at radius 3 is 1.29 bits per heavy atom. The van der Waals surface area contributed by atoms with Gasteiger partial charge in [-0.05, 0) is 59.7 Å². The lowest BCUT2D eigenvalue weighted by Gasteiger charge is -1.98. The molecule has 0 saturated carbocycles. The van der Waals surface area contributed by atoms with E-state index in [1.807, 2.05) is 85.2 Å². The van der Waals surface area contributed by atoms with Crippen LogP contribution >= 0.6 is 0 Å². The maximum Gasteiger partial charge on any atom is 0.0631 e. The van der Waals surface area contributed by atoms with Crippen LogP contribution in [0.5, 0.6) is 0 Å². The van der Waals surface area contributed by atoms with Crippen molar-refractivity contribution in [3.05, 3.63) is 83.9 Å². The van der Waals surface area contributed by atoms with Crippen LogP contribution in [0.15, 0.2) is 82.8 Å². The number of hydrogen-bond donors (Lipinski definition) is 2. The van der Waals surface area contributed by atoms with Gasteiger partial charge in [-0.2, -0.15) is 0 Å². The first-order chi connectivity index (χ1) is 11.7. The van der Waals surface area contributed by atoms with E-state index in [0.29, 0.717) is 0 Å². The van der Waals surface area contributed by atoms with Crippen molar-refractivity contribution in [2.24, 2.45) is 9.98 Å². The third-order valence-corrected chi connectivity index (χ3v) is 3.45. The zero-order valence-electron chi connectivity index (χ0n) is 13.1. The van der Waals surface area contributed by atoms with Crippen LogP contribution in [0.25, 0.3) is 0 Å². The van der Waals surface area contributed by atoms with Crippen LogP contribution in [0.3, 0.4) is 0 Å². The lowest BCUT2D eigenvalue weighted by molar-refractivity contribution is 1.50. The van der Waals surface area contributed by atoms with Crippen LogP contribution < -0.4 is 11.5 Å². The summed E-state index contributed by atoms with van der Waals surface area (Å²) in [7, 11) is 0. The molecule has 0 amide bonds. The van der Waals surface area contributed by atoms with E-state index in [4.69, 9.17) is 11.5 Å². The molecular formula is C20H18N4. The number of rotatable bonds is 4. The number of nitrogens with zero attached hydrogens (tertiary/aromatic N) is 2. The summed E-state index contributed by atoms with van der Waals surface area (Å²) in [5.74, 6) is 0. The summed E-state index contributed by atoms with van der Waals surface area (Å²) < 4.78 is 0. The zero-order chi connectivity index (χ0) is 16.8. The van der Waals surface area contributed by atoms with Gasteiger partial charge in [-0.15, -0.1) is 0 Å². The van der Waals surface area contributed by atoms with Gasteiger partial charge in [-0.25, -0.2) is 0 Å². The molecule has 0 aliphatic heterocycles. The second kappa shape index (κ2) is 7.24. The van der Waals surface area contributed by atoms with Crippen LogP contribution in [-0.2, 0) is 0 Å². The Morgan fingerprint density at radius 2 is 0.833 bits per heavy atom. The summed E-state index contributed by atoms with van der Waals surface area (Å²) in [5, 5.41) is 0. The van der Waals surface area contributed by atoms with Crippen molar-refractivity contribution >= 4 is 35.2 Å². The van der Waals surface area contributed by atoms with Crippen molar-refractivity contribution in [1.82, 2.24) is 0 Å². The predicted molar refractivity (Wildman–Crippen MR) is 103 cm³/mol. The Morgan fingerprint density at radius 1 is 0.500 bits per heavy atom. The minimum absolute atomic E-state index is 0.734. The summed E-state index contributed by atoms with van der Waals surface area (Å²) in [6, 6.07) is 22.9. The van der Waals surface area contributed by atoms with Crippen molar-refractivity contribution < 1.29 is 0 Å². The van der Waals surface area contributed by atoms with Crippen LogP contribution in [0.1, 0.15) is 11.1 Å². The van der Waals surface area contributed by atoms with Gasteiger partial charge in [0, 0.05) is 23.8 Å². The Labute approximate surface area is 141 Å². The van der Waals surface area contributed by atoms with Gasteiger partial charge in [-0.1, -0.05) is 24.3 Å². The van der Waals surface area contributed by atoms with E-state index in [0.717, 1.165) is 33.9 Å². The average Bonchev–Trinajstić information content (AvgIpc) is 2.62. The van der Waals surface area contributed by atoms with Gasteiger partial charge in [0.1, 0.15) is 0 Å². The van der Waals surface area contributed by atoms with Crippen molar-refractivity contribution in [1.29, 1.82) is 0 Å². The lowest BCUT2D eigenvalue weighted by Crippen LogP contribution is -1.85. The molecule has 0 radical (unpaired) electrons. The Balaban J connectivity index is 1.66. The van der Waals surface area contributed by atoms with Crippen LogP contribution in [-0.4, -0.2) is 12.4 Å². The molecule has 0 atom stereocenters. The molecule has 0 unspecified atom stereocenters. The van der Waals surface area contributed by atoms with E-state index in [2.05, 4.69) is 9.98 Å². The van der Waals surface area contributed by atoms with Crippen molar-refractivity contribution in [3.63, 3.8) is 0 Å². The standard InChI is InChI=1S/C20H18N4/c21-17-5-1-15(2-6-17)13-23-19-9-3-16(4-10-19)14-24-20-11-7-18(22)8-12-20/h1-14H,21-22H2. The number of anilines is 2. The third-order valence-electron chi connectivity index (χ3n) is 3.45. The van der Waals surface area contributed by atoms with Crippen LogP contribution in [0.4, 0.5) is 22.7 Å². The summed E-state index contributed by atoms with van der Waals surface area (Å²) in [5.41, 5.74) is 16.6. The number of benzene rings is 3. The minimum atomic E-state index is 0.734. The van der Waals surface area contributed by atoms with Gasteiger partial charge in [0.25, 0.3) is 0 Å². The first-order valence-electron chi connectivity index (χ1n) is 7.58. The summed E-state index contributed by atoms with van der Waals surface area (Å²) in [6.07, 6.45) is 3.63. The number of hydrogen-bond acceptors (Lipinski definition) is 4. The molecule has 0 saturated heterocycles. The molecule has 0 fully saturated rings. The van der Waals surface area contributed by atoms with E-state index in [1.165, 1.54) is 0 Å². The summed E-state index contributed by atoms with van der Waals surface area (Å²) in [4.78, 5) is 8.87. The normalized spacial score (nSPS) is 11.3. The zero-order valence-corrected chi connectivity index (χ0v) is 13.1. The van der Waals surface area contributed by atoms with Crippen LogP contribution in [0, 0.1) is 0 Å². The molecule has 4 nitrogen and oxygen atoms in total. The molecule has 118 valence electrons. The first-order valence-corrected chi connectivity index (χ1v) is 7.58. The van der Waals surface area contributed by atoms with Gasteiger partial charge in [0.15, 0.2) is 0 Å². The lowest BCUT2D eigenvalue weighted by atomic mass is 10.2. The highest BCUT2D eigenvalue weighted by Crippen LogP contribution is 2.16. The highest BCUT2D eigenvalue weighted by atomic mass is 14.7. The molecule has 0 aliphatic carbocycles. The molecule has 3 aromatic rings. The van der Waals surface area contributed by atoms with E-state index < -0.39 is 0 Å². The Hall–Kier alpha value is -3.40. The van der Waals surface area contributed by atoms with Crippen molar-refractivity contribution in [2.75, 3.05) is 11.5 Å². The maximum absolute atomic E-state index is 5.67. The van der Waals surface area contributed by atoms with Gasteiger partial charge >= 0.3 is 0 Å². The fourth-order valence-corrected chi connectivity index (χ4v) is 2.09. The van der Waals surface area contributed by atoms with E-state index in [1.54, 1.807) is 0 Å². The van der Waals surface area contributed by atoms with Gasteiger partial charge in [0.05, 0.1) is 11.4 Å². The highest BCUT2D eigenvalue weighted by Gasteiger charge is 1.93. The smallest absolute Gasteiger partial charge is 0.0631 e. The third kappa shape index (κ3) is 4.30. The van der Waals surface area contributed by atoms with Crippen molar-refractivity contribution in [2.45, 2.75) is 0 Å². The fourth-order valence-electron chi connectivity index (χ4n) is 2.09. The molecule has 0 bridgehead atoms. The molecule has 3 aromatic carbocycles. The van der Waals surface area contributed by atoms with Gasteiger partial charge in [0.2, 0.25) is 0 Å². The quantitative estimate of drug-likeness (QED) is 0.554. The molecule has 0 aromatic heterocycles. The molecule has 0 heterocycles. The number of nitrogen functional groups attached to an aromatic ring is 2. The average molecular weight is 314 g/mol. The molecule has 0 aliphatic rings. The van der Waals surface area contributed by atoms with Gasteiger partial charge in [-0.3, -0.25) is 9.98 Å². The van der Waals surface area contributed by atoms with E-state index >= 15 is 0 Å². The minimum Gasteiger partial charge on any atom is -0.399 e. The molecule has 24 heavy (non-hydrogen) atoms.